The van der Waals surface area contributed by atoms with Crippen LogP contribution in [0, 0.1) is 0 Å². The summed E-state index contributed by atoms with van der Waals surface area (Å²) in [5, 5.41) is 12.8. The summed E-state index contributed by atoms with van der Waals surface area (Å²) < 4.78 is 0.658. The SMILES string of the molecule is O=C(NC1(C(=O)O)CCC1)c1[nH]c2ccccc2c1Br. The van der Waals surface area contributed by atoms with Crippen LogP contribution in [-0.4, -0.2) is 27.5 Å². The molecule has 0 spiro atoms. The number of aliphatic carboxylic acids is 1. The van der Waals surface area contributed by atoms with Gasteiger partial charge in [-0.25, -0.2) is 4.79 Å². The van der Waals surface area contributed by atoms with Gasteiger partial charge < -0.3 is 15.4 Å². The number of carbonyl (C=O) groups excluding carboxylic acids is 1. The largest absolute Gasteiger partial charge is 0.480 e. The number of halogens is 1. The van der Waals surface area contributed by atoms with Crippen LogP contribution in [0.25, 0.3) is 10.9 Å². The minimum Gasteiger partial charge on any atom is -0.480 e. The van der Waals surface area contributed by atoms with E-state index in [9.17, 15) is 14.7 Å². The summed E-state index contributed by atoms with van der Waals surface area (Å²) in [5.74, 6) is -1.36. The molecule has 1 amide bonds. The van der Waals surface area contributed by atoms with Crippen LogP contribution in [0.2, 0.25) is 0 Å². The van der Waals surface area contributed by atoms with Gasteiger partial charge >= 0.3 is 5.97 Å². The van der Waals surface area contributed by atoms with Gasteiger partial charge in [-0.05, 0) is 41.3 Å². The number of carbonyl (C=O) groups is 2. The lowest BCUT2D eigenvalue weighted by molar-refractivity contribution is -0.148. The van der Waals surface area contributed by atoms with Gasteiger partial charge in [0.2, 0.25) is 0 Å². The van der Waals surface area contributed by atoms with Gasteiger partial charge in [0.1, 0.15) is 11.2 Å². The molecule has 0 radical (unpaired) electrons. The Labute approximate surface area is 123 Å². The summed E-state index contributed by atoms with van der Waals surface area (Å²) in [7, 11) is 0. The molecule has 0 atom stereocenters. The van der Waals surface area contributed by atoms with E-state index in [4.69, 9.17) is 0 Å². The third-order valence-electron chi connectivity index (χ3n) is 3.84. The van der Waals surface area contributed by atoms with Crippen molar-refractivity contribution >= 4 is 38.7 Å². The Morgan fingerprint density at radius 3 is 2.55 bits per heavy atom. The highest BCUT2D eigenvalue weighted by atomic mass is 79.9. The van der Waals surface area contributed by atoms with Gasteiger partial charge in [0.25, 0.3) is 5.91 Å². The Bertz CT molecular complexity index is 704. The smallest absolute Gasteiger partial charge is 0.329 e. The van der Waals surface area contributed by atoms with E-state index in [2.05, 4.69) is 26.2 Å². The zero-order chi connectivity index (χ0) is 14.3. The summed E-state index contributed by atoms with van der Waals surface area (Å²) in [4.78, 5) is 26.6. The van der Waals surface area contributed by atoms with E-state index >= 15 is 0 Å². The normalized spacial score (nSPS) is 16.6. The Hall–Kier alpha value is -1.82. The minimum absolute atomic E-state index is 0.360. The number of nitrogens with one attached hydrogen (secondary N) is 2. The maximum atomic E-state index is 12.3. The molecule has 5 nitrogen and oxygen atoms in total. The topological polar surface area (TPSA) is 82.2 Å². The van der Waals surface area contributed by atoms with E-state index in [1.807, 2.05) is 24.3 Å². The first-order valence-corrected chi connectivity index (χ1v) is 7.15. The van der Waals surface area contributed by atoms with E-state index in [0.717, 1.165) is 17.3 Å². The Morgan fingerprint density at radius 1 is 1.30 bits per heavy atom. The van der Waals surface area contributed by atoms with Crippen molar-refractivity contribution in [3.05, 3.63) is 34.4 Å². The first kappa shape index (κ1) is 13.2. The highest BCUT2D eigenvalue weighted by Crippen LogP contribution is 2.33. The summed E-state index contributed by atoms with van der Waals surface area (Å²) in [5.41, 5.74) is 0.0922. The summed E-state index contributed by atoms with van der Waals surface area (Å²) in [6.45, 7) is 0. The molecule has 1 aromatic heterocycles. The number of fused-ring (bicyclic) bond motifs is 1. The van der Waals surface area contributed by atoms with Crippen molar-refractivity contribution in [2.24, 2.45) is 0 Å². The van der Waals surface area contributed by atoms with Crippen LogP contribution < -0.4 is 5.32 Å². The molecule has 3 N–H and O–H groups in total. The lowest BCUT2D eigenvalue weighted by Crippen LogP contribution is -2.59. The molecule has 1 aromatic carbocycles. The number of hydrogen-bond donors (Lipinski definition) is 3. The fourth-order valence-electron chi connectivity index (χ4n) is 2.47. The van der Waals surface area contributed by atoms with E-state index in [1.165, 1.54) is 0 Å². The van der Waals surface area contributed by atoms with Crippen LogP contribution in [0.3, 0.4) is 0 Å². The number of aromatic amines is 1. The second-order valence-corrected chi connectivity index (χ2v) is 5.85. The number of carboxylic acid groups (broad SMARTS) is 1. The van der Waals surface area contributed by atoms with Crippen LogP contribution in [0.4, 0.5) is 0 Å². The van der Waals surface area contributed by atoms with Gasteiger partial charge in [0.05, 0.1) is 4.47 Å². The van der Waals surface area contributed by atoms with Crippen molar-refractivity contribution in [1.82, 2.24) is 10.3 Å². The fraction of sp³-hybridized carbons (Fsp3) is 0.286. The molecule has 3 rings (SSSR count). The lowest BCUT2D eigenvalue weighted by atomic mass is 9.76. The first-order chi connectivity index (χ1) is 9.53. The molecule has 20 heavy (non-hydrogen) atoms. The van der Waals surface area contributed by atoms with E-state index in [1.54, 1.807) is 0 Å². The van der Waals surface area contributed by atoms with Crippen molar-refractivity contribution in [1.29, 1.82) is 0 Å². The number of H-pyrrole nitrogens is 1. The maximum absolute atomic E-state index is 12.3. The van der Waals surface area contributed by atoms with Crippen LogP contribution in [0.5, 0.6) is 0 Å². The standard InChI is InChI=1S/C14H13BrN2O3/c15-10-8-4-1-2-5-9(8)16-11(10)12(18)17-14(13(19)20)6-3-7-14/h1-2,4-5,16H,3,6-7H2,(H,17,18)(H,19,20). The predicted octanol–water partition coefficient (Wildman–Crippen LogP) is 2.67. The molecular formula is C14H13BrN2O3. The first-order valence-electron chi connectivity index (χ1n) is 6.36. The zero-order valence-corrected chi connectivity index (χ0v) is 12.2. The average molecular weight is 337 g/mol. The van der Waals surface area contributed by atoms with E-state index in [-0.39, 0.29) is 0 Å². The summed E-state index contributed by atoms with van der Waals surface area (Å²) in [6.07, 6.45) is 1.78. The monoisotopic (exact) mass is 336 g/mol. The second-order valence-electron chi connectivity index (χ2n) is 5.05. The third-order valence-corrected chi connectivity index (χ3v) is 4.66. The van der Waals surface area contributed by atoms with Crippen LogP contribution in [0.15, 0.2) is 28.7 Å². The molecule has 0 aliphatic heterocycles. The van der Waals surface area contributed by atoms with Crippen molar-refractivity contribution in [2.75, 3.05) is 0 Å². The van der Waals surface area contributed by atoms with Crippen LogP contribution in [0.1, 0.15) is 29.8 Å². The number of benzene rings is 1. The quantitative estimate of drug-likeness (QED) is 0.805. The number of para-hydroxylation sites is 1. The number of aromatic nitrogens is 1. The molecule has 1 heterocycles. The molecule has 104 valence electrons. The average Bonchev–Trinajstić information content (AvgIpc) is 2.71. The molecule has 1 aliphatic carbocycles. The summed E-state index contributed by atoms with van der Waals surface area (Å²) in [6, 6.07) is 7.51. The molecular weight excluding hydrogens is 324 g/mol. The Kier molecular flexibility index (Phi) is 3.05. The lowest BCUT2D eigenvalue weighted by Gasteiger charge is -2.38. The van der Waals surface area contributed by atoms with Gasteiger partial charge in [0.15, 0.2) is 0 Å². The van der Waals surface area contributed by atoms with Gasteiger partial charge in [0, 0.05) is 10.9 Å². The molecule has 0 saturated heterocycles. The molecule has 0 bridgehead atoms. The van der Waals surface area contributed by atoms with Crippen LogP contribution in [-0.2, 0) is 4.79 Å². The predicted molar refractivity (Wildman–Crippen MR) is 77.7 cm³/mol. The number of hydrogen-bond acceptors (Lipinski definition) is 2. The van der Waals surface area contributed by atoms with Crippen molar-refractivity contribution < 1.29 is 14.7 Å². The third kappa shape index (κ3) is 1.91. The molecule has 0 unspecified atom stereocenters. The fourth-order valence-corrected chi connectivity index (χ4v) is 3.09. The summed E-state index contributed by atoms with van der Waals surface area (Å²) >= 11 is 3.40. The number of amides is 1. The van der Waals surface area contributed by atoms with Crippen molar-refractivity contribution in [3.63, 3.8) is 0 Å². The highest BCUT2D eigenvalue weighted by molar-refractivity contribution is 9.10. The Balaban J connectivity index is 1.93. The van der Waals surface area contributed by atoms with Gasteiger partial charge in [-0.3, -0.25) is 4.79 Å². The molecule has 6 heteroatoms. The Morgan fingerprint density at radius 2 is 2.00 bits per heavy atom. The highest BCUT2D eigenvalue weighted by Gasteiger charge is 2.46. The molecule has 1 fully saturated rings. The molecule has 1 aliphatic rings. The van der Waals surface area contributed by atoms with E-state index < -0.39 is 17.4 Å². The second kappa shape index (κ2) is 4.63. The van der Waals surface area contributed by atoms with Gasteiger partial charge in [-0.2, -0.15) is 0 Å². The van der Waals surface area contributed by atoms with Crippen molar-refractivity contribution in [3.8, 4) is 0 Å². The van der Waals surface area contributed by atoms with Crippen molar-refractivity contribution in [2.45, 2.75) is 24.8 Å². The van der Waals surface area contributed by atoms with Crippen LogP contribution >= 0.6 is 15.9 Å². The molecule has 1 saturated carbocycles. The zero-order valence-electron chi connectivity index (χ0n) is 10.6. The maximum Gasteiger partial charge on any atom is 0.329 e. The van der Waals surface area contributed by atoms with Gasteiger partial charge in [-0.1, -0.05) is 18.2 Å². The number of carboxylic acids is 1. The number of rotatable bonds is 3. The molecule has 2 aromatic rings. The van der Waals surface area contributed by atoms with E-state index in [0.29, 0.717) is 23.0 Å². The van der Waals surface area contributed by atoms with Gasteiger partial charge in [-0.15, -0.1) is 0 Å². The minimum atomic E-state index is -1.10.